The standard InChI is InChI=1S/C15H16Cl2N2O2/c1-15(9-20,10-6-4-3-5-7-10)18-14(21)12-8-11(16)13(17)19(12)2/h3-8,20H,9H2,1-2H3,(H,18,21). The van der Waals surface area contributed by atoms with Gasteiger partial charge in [0.2, 0.25) is 0 Å². The van der Waals surface area contributed by atoms with Gasteiger partial charge in [-0.05, 0) is 18.6 Å². The molecule has 1 aromatic heterocycles. The van der Waals surface area contributed by atoms with Crippen LogP contribution in [0.4, 0.5) is 0 Å². The van der Waals surface area contributed by atoms with Crippen LogP contribution in [0.25, 0.3) is 0 Å². The zero-order chi connectivity index (χ0) is 15.6. The summed E-state index contributed by atoms with van der Waals surface area (Å²) >= 11 is 11.9. The third-order valence-corrected chi connectivity index (χ3v) is 4.31. The molecule has 2 rings (SSSR count). The van der Waals surface area contributed by atoms with Crippen LogP contribution in [0, 0.1) is 0 Å². The number of aliphatic hydroxyl groups is 1. The van der Waals surface area contributed by atoms with Crippen LogP contribution in [0.2, 0.25) is 10.2 Å². The third-order valence-electron chi connectivity index (χ3n) is 3.47. The molecule has 0 saturated carbocycles. The maximum absolute atomic E-state index is 12.4. The first-order valence-corrected chi connectivity index (χ1v) is 7.14. The lowest BCUT2D eigenvalue weighted by molar-refractivity contribution is 0.0841. The van der Waals surface area contributed by atoms with E-state index in [1.165, 1.54) is 10.6 Å². The molecule has 6 heteroatoms. The van der Waals surface area contributed by atoms with E-state index in [1.54, 1.807) is 14.0 Å². The van der Waals surface area contributed by atoms with Gasteiger partial charge in [-0.1, -0.05) is 53.5 Å². The number of nitrogens with one attached hydrogen (secondary N) is 1. The van der Waals surface area contributed by atoms with Gasteiger partial charge in [-0.2, -0.15) is 0 Å². The van der Waals surface area contributed by atoms with E-state index in [0.29, 0.717) is 15.9 Å². The zero-order valence-corrected chi connectivity index (χ0v) is 13.2. The maximum Gasteiger partial charge on any atom is 0.268 e. The molecule has 0 radical (unpaired) electrons. The molecule has 0 aliphatic carbocycles. The monoisotopic (exact) mass is 326 g/mol. The van der Waals surface area contributed by atoms with Crippen LogP contribution in [-0.2, 0) is 12.6 Å². The highest BCUT2D eigenvalue weighted by atomic mass is 35.5. The summed E-state index contributed by atoms with van der Waals surface area (Å²) in [5, 5.41) is 13.1. The Bertz CT molecular complexity index is 655. The first kappa shape index (κ1) is 15.9. The summed E-state index contributed by atoms with van der Waals surface area (Å²) in [6.07, 6.45) is 0. The average Bonchev–Trinajstić information content (AvgIpc) is 2.75. The lowest BCUT2D eigenvalue weighted by atomic mass is 9.93. The number of carbonyl (C=O) groups excluding carboxylic acids is 1. The van der Waals surface area contributed by atoms with Gasteiger partial charge in [-0.3, -0.25) is 4.79 Å². The smallest absolute Gasteiger partial charge is 0.268 e. The van der Waals surface area contributed by atoms with Crippen molar-refractivity contribution in [2.24, 2.45) is 7.05 Å². The van der Waals surface area contributed by atoms with Crippen molar-refractivity contribution < 1.29 is 9.90 Å². The molecule has 1 aromatic carbocycles. The fraction of sp³-hybridized carbons (Fsp3) is 0.267. The summed E-state index contributed by atoms with van der Waals surface area (Å²) in [7, 11) is 1.65. The molecule has 1 unspecified atom stereocenters. The van der Waals surface area contributed by atoms with Gasteiger partial charge in [-0.15, -0.1) is 0 Å². The van der Waals surface area contributed by atoms with E-state index in [0.717, 1.165) is 5.56 Å². The molecule has 0 spiro atoms. The number of benzene rings is 1. The molecule has 1 amide bonds. The van der Waals surface area contributed by atoms with E-state index in [-0.39, 0.29) is 12.5 Å². The highest BCUT2D eigenvalue weighted by molar-refractivity contribution is 6.41. The Morgan fingerprint density at radius 2 is 1.95 bits per heavy atom. The molecule has 1 atom stereocenters. The summed E-state index contributed by atoms with van der Waals surface area (Å²) in [5.74, 6) is -0.355. The van der Waals surface area contributed by atoms with E-state index in [2.05, 4.69) is 5.32 Å². The van der Waals surface area contributed by atoms with Crippen LogP contribution in [0.5, 0.6) is 0 Å². The molecule has 2 aromatic rings. The molecular weight excluding hydrogens is 311 g/mol. The van der Waals surface area contributed by atoms with Crippen molar-refractivity contribution in [1.82, 2.24) is 9.88 Å². The van der Waals surface area contributed by atoms with Crippen molar-refractivity contribution in [2.45, 2.75) is 12.5 Å². The lowest BCUT2D eigenvalue weighted by Gasteiger charge is -2.29. The number of amides is 1. The van der Waals surface area contributed by atoms with Gasteiger partial charge in [0.05, 0.1) is 17.2 Å². The molecule has 0 bridgehead atoms. The molecule has 1 heterocycles. The van der Waals surface area contributed by atoms with Gasteiger partial charge in [0.25, 0.3) is 5.91 Å². The van der Waals surface area contributed by atoms with Crippen molar-refractivity contribution in [3.05, 3.63) is 57.8 Å². The number of aromatic nitrogens is 1. The van der Waals surface area contributed by atoms with Crippen molar-refractivity contribution in [1.29, 1.82) is 0 Å². The van der Waals surface area contributed by atoms with Gasteiger partial charge in [0.1, 0.15) is 10.8 Å². The Labute approximate surface area is 133 Å². The largest absolute Gasteiger partial charge is 0.394 e. The molecule has 112 valence electrons. The van der Waals surface area contributed by atoms with Crippen LogP contribution < -0.4 is 5.32 Å². The van der Waals surface area contributed by atoms with Crippen LogP contribution in [-0.4, -0.2) is 22.2 Å². The van der Waals surface area contributed by atoms with Crippen LogP contribution in [0.3, 0.4) is 0 Å². The van der Waals surface area contributed by atoms with Gasteiger partial charge in [-0.25, -0.2) is 0 Å². The molecule has 0 aliphatic rings. The minimum absolute atomic E-state index is 0.228. The molecule has 21 heavy (non-hydrogen) atoms. The van der Waals surface area contributed by atoms with E-state index < -0.39 is 5.54 Å². The van der Waals surface area contributed by atoms with E-state index in [4.69, 9.17) is 23.2 Å². The van der Waals surface area contributed by atoms with E-state index >= 15 is 0 Å². The first-order valence-electron chi connectivity index (χ1n) is 6.38. The van der Waals surface area contributed by atoms with Crippen molar-refractivity contribution in [3.8, 4) is 0 Å². The molecule has 0 fully saturated rings. The van der Waals surface area contributed by atoms with E-state index in [9.17, 15) is 9.90 Å². The summed E-state index contributed by atoms with van der Waals surface area (Å²) in [6, 6.07) is 10.8. The second-order valence-corrected chi connectivity index (χ2v) is 5.80. The predicted octanol–water partition coefficient (Wildman–Crippen LogP) is 2.97. The average molecular weight is 327 g/mol. The quantitative estimate of drug-likeness (QED) is 0.907. The second-order valence-electron chi connectivity index (χ2n) is 5.04. The first-order chi connectivity index (χ1) is 9.89. The fourth-order valence-corrected chi connectivity index (χ4v) is 2.46. The zero-order valence-electron chi connectivity index (χ0n) is 11.7. The fourth-order valence-electron chi connectivity index (χ4n) is 2.08. The van der Waals surface area contributed by atoms with Gasteiger partial charge < -0.3 is 15.0 Å². The summed E-state index contributed by atoms with van der Waals surface area (Å²) < 4.78 is 1.50. The predicted molar refractivity (Wildman–Crippen MR) is 83.8 cm³/mol. The minimum atomic E-state index is -0.887. The van der Waals surface area contributed by atoms with E-state index in [1.807, 2.05) is 30.3 Å². The summed E-state index contributed by atoms with van der Waals surface area (Å²) in [5.41, 5.74) is 0.259. The van der Waals surface area contributed by atoms with Gasteiger partial charge in [0, 0.05) is 7.05 Å². The molecule has 2 N–H and O–H groups in total. The van der Waals surface area contributed by atoms with Crippen molar-refractivity contribution >= 4 is 29.1 Å². The Morgan fingerprint density at radius 1 is 1.33 bits per heavy atom. The number of carbonyl (C=O) groups is 1. The normalized spacial score (nSPS) is 13.8. The number of hydrogen-bond acceptors (Lipinski definition) is 2. The highest BCUT2D eigenvalue weighted by Crippen LogP contribution is 2.26. The number of rotatable bonds is 4. The van der Waals surface area contributed by atoms with Crippen molar-refractivity contribution in [3.63, 3.8) is 0 Å². The minimum Gasteiger partial charge on any atom is -0.394 e. The Hall–Kier alpha value is -1.49. The molecule has 4 nitrogen and oxygen atoms in total. The highest BCUT2D eigenvalue weighted by Gasteiger charge is 2.29. The van der Waals surface area contributed by atoms with Crippen LogP contribution >= 0.6 is 23.2 Å². The Balaban J connectivity index is 2.30. The number of hydrogen-bond donors (Lipinski definition) is 2. The third kappa shape index (κ3) is 3.07. The van der Waals surface area contributed by atoms with Crippen molar-refractivity contribution in [2.75, 3.05) is 6.61 Å². The maximum atomic E-state index is 12.4. The number of aliphatic hydroxyl groups excluding tert-OH is 1. The molecule has 0 aliphatic heterocycles. The number of nitrogens with zero attached hydrogens (tertiary/aromatic N) is 1. The Kier molecular flexibility index (Phi) is 4.61. The van der Waals surface area contributed by atoms with Gasteiger partial charge >= 0.3 is 0 Å². The summed E-state index contributed by atoms with van der Waals surface area (Å²) in [6.45, 7) is 1.53. The lowest BCUT2D eigenvalue weighted by Crippen LogP contribution is -2.46. The number of halogens is 2. The SMILES string of the molecule is Cn1c(C(=O)NC(C)(CO)c2ccccc2)cc(Cl)c1Cl. The molecular formula is C15H16Cl2N2O2. The second kappa shape index (κ2) is 6.10. The van der Waals surface area contributed by atoms with Crippen LogP contribution in [0.1, 0.15) is 23.0 Å². The topological polar surface area (TPSA) is 54.3 Å². The summed E-state index contributed by atoms with van der Waals surface area (Å²) in [4.78, 5) is 12.4. The van der Waals surface area contributed by atoms with Crippen LogP contribution in [0.15, 0.2) is 36.4 Å². The van der Waals surface area contributed by atoms with Gasteiger partial charge in [0.15, 0.2) is 0 Å². The Morgan fingerprint density at radius 3 is 2.43 bits per heavy atom. The molecule has 0 saturated heterocycles.